The molecule has 16 nitrogen and oxygen atoms in total. The fraction of sp³-hybridized carbons (Fsp3) is 0.378. The average Bonchev–Trinajstić information content (AvgIpc) is 3.17. The van der Waals surface area contributed by atoms with Gasteiger partial charge in [0.05, 0.1) is 62.3 Å². The molecular formula is C37H44FN7O9S. The number of carbonyl (C=O) groups is 3. The second-order valence-electron chi connectivity index (χ2n) is 12.7. The van der Waals surface area contributed by atoms with Gasteiger partial charge in [0.15, 0.2) is 5.82 Å². The third-order valence-corrected chi connectivity index (χ3v) is 9.97. The number of para-hydroxylation sites is 1. The number of benzene rings is 3. The van der Waals surface area contributed by atoms with Crippen LogP contribution in [0.1, 0.15) is 32.1 Å². The zero-order valence-electron chi connectivity index (χ0n) is 31.2. The predicted molar refractivity (Wildman–Crippen MR) is 205 cm³/mol. The predicted octanol–water partition coefficient (Wildman–Crippen LogP) is 3.68. The number of methoxy groups -OCH3 is 2. The molecule has 0 radical (unpaired) electrons. The SMILES string of the molecule is CCOC(=O)NC(CCS(C)(=O)=O)C(=O)N1CCN(n2c(C(C)N(C(=O)Nc3ccc(F)cc3)c3ccc(OC)cc3OC)nc3ccccc3c2=O)CC1. The highest BCUT2D eigenvalue weighted by atomic mass is 32.2. The van der Waals surface area contributed by atoms with E-state index >= 15 is 0 Å². The minimum absolute atomic E-state index is 0.0589. The van der Waals surface area contributed by atoms with Crippen LogP contribution in [0.4, 0.5) is 25.4 Å². The molecule has 4 aromatic rings. The number of amides is 4. The van der Waals surface area contributed by atoms with Crippen LogP contribution in [0.3, 0.4) is 0 Å². The highest BCUT2D eigenvalue weighted by Gasteiger charge is 2.34. The van der Waals surface area contributed by atoms with Crippen LogP contribution < -0.4 is 35.6 Å². The molecule has 294 valence electrons. The third kappa shape index (κ3) is 9.61. The topological polar surface area (TPSA) is 182 Å². The molecule has 4 amide bonds. The van der Waals surface area contributed by atoms with Crippen LogP contribution in [-0.2, 0) is 19.4 Å². The summed E-state index contributed by atoms with van der Waals surface area (Å²) in [5.74, 6) is -0.375. The Balaban J connectivity index is 1.53. The lowest BCUT2D eigenvalue weighted by Crippen LogP contribution is -2.59. The second kappa shape index (κ2) is 17.5. The number of alkyl carbamates (subject to hydrolysis) is 1. The summed E-state index contributed by atoms with van der Waals surface area (Å²) in [4.78, 5) is 62.4. The number of fused-ring (bicyclic) bond motifs is 1. The fourth-order valence-electron chi connectivity index (χ4n) is 6.24. The first kappa shape index (κ1) is 40.3. The third-order valence-electron chi connectivity index (χ3n) is 8.99. The van der Waals surface area contributed by atoms with Gasteiger partial charge in [-0.15, -0.1) is 0 Å². The van der Waals surface area contributed by atoms with Crippen molar-refractivity contribution in [2.24, 2.45) is 0 Å². The van der Waals surface area contributed by atoms with Crippen molar-refractivity contribution in [2.75, 3.05) is 74.2 Å². The van der Waals surface area contributed by atoms with Crippen molar-refractivity contribution in [3.8, 4) is 11.5 Å². The van der Waals surface area contributed by atoms with Crippen LogP contribution in [-0.4, -0.2) is 106 Å². The van der Waals surface area contributed by atoms with Crippen LogP contribution in [0.2, 0.25) is 0 Å². The van der Waals surface area contributed by atoms with Crippen molar-refractivity contribution < 1.29 is 41.4 Å². The Morgan fingerprint density at radius 1 is 0.982 bits per heavy atom. The van der Waals surface area contributed by atoms with Gasteiger partial charge in [-0.2, -0.15) is 0 Å². The molecule has 0 spiro atoms. The Bertz CT molecular complexity index is 2190. The number of sulfone groups is 1. The number of urea groups is 1. The molecule has 0 aliphatic carbocycles. The van der Waals surface area contributed by atoms with Gasteiger partial charge in [-0.3, -0.25) is 14.5 Å². The lowest BCUT2D eigenvalue weighted by atomic mass is 10.1. The summed E-state index contributed by atoms with van der Waals surface area (Å²) in [6.45, 7) is 3.85. The van der Waals surface area contributed by atoms with Crippen LogP contribution in [0.5, 0.6) is 11.5 Å². The van der Waals surface area contributed by atoms with Gasteiger partial charge >= 0.3 is 12.1 Å². The van der Waals surface area contributed by atoms with Crippen LogP contribution in [0.25, 0.3) is 10.9 Å². The van der Waals surface area contributed by atoms with Crippen LogP contribution in [0, 0.1) is 5.82 Å². The summed E-state index contributed by atoms with van der Waals surface area (Å²) in [6.07, 6.45) is 0.0443. The van der Waals surface area contributed by atoms with E-state index in [1.807, 2.05) is 0 Å². The number of carbonyl (C=O) groups excluding carboxylic acids is 3. The van der Waals surface area contributed by atoms with E-state index in [0.29, 0.717) is 28.0 Å². The summed E-state index contributed by atoms with van der Waals surface area (Å²) in [7, 11) is -0.515. The molecule has 55 heavy (non-hydrogen) atoms. The molecule has 1 aliphatic rings. The molecule has 1 aromatic heterocycles. The molecule has 2 unspecified atom stereocenters. The van der Waals surface area contributed by atoms with Gasteiger partial charge in [0.2, 0.25) is 5.91 Å². The Kier molecular flexibility index (Phi) is 12.8. The lowest BCUT2D eigenvalue weighted by Gasteiger charge is -2.40. The van der Waals surface area contributed by atoms with Gasteiger partial charge in [0.25, 0.3) is 5.56 Å². The number of halogens is 1. The minimum atomic E-state index is -3.45. The van der Waals surface area contributed by atoms with Crippen molar-refractivity contribution in [1.82, 2.24) is 19.9 Å². The van der Waals surface area contributed by atoms with Gasteiger partial charge < -0.3 is 34.8 Å². The Hall–Kier alpha value is -5.91. The summed E-state index contributed by atoms with van der Waals surface area (Å²) < 4.78 is 55.1. The number of piperazine rings is 1. The molecule has 3 aromatic carbocycles. The normalized spacial score (nSPS) is 14.1. The Morgan fingerprint density at radius 3 is 2.31 bits per heavy atom. The maximum Gasteiger partial charge on any atom is 0.407 e. The molecule has 0 bridgehead atoms. The largest absolute Gasteiger partial charge is 0.497 e. The van der Waals surface area contributed by atoms with Gasteiger partial charge in [-0.05, 0) is 68.8 Å². The molecule has 5 rings (SSSR count). The summed E-state index contributed by atoms with van der Waals surface area (Å²) in [5.41, 5.74) is 0.601. The van der Waals surface area contributed by atoms with Gasteiger partial charge in [-0.1, -0.05) is 12.1 Å². The average molecular weight is 782 g/mol. The zero-order valence-corrected chi connectivity index (χ0v) is 32.0. The van der Waals surface area contributed by atoms with E-state index in [9.17, 15) is 32.0 Å². The molecule has 1 aliphatic heterocycles. The second-order valence-corrected chi connectivity index (χ2v) is 15.0. The van der Waals surface area contributed by atoms with E-state index in [-0.39, 0.29) is 56.5 Å². The van der Waals surface area contributed by atoms with E-state index in [1.54, 1.807) is 61.3 Å². The summed E-state index contributed by atoms with van der Waals surface area (Å²) in [6, 6.07) is 14.2. The molecular weight excluding hydrogens is 738 g/mol. The number of anilines is 2. The quantitative estimate of drug-likeness (QED) is 0.202. The van der Waals surface area contributed by atoms with Gasteiger partial charge in [0, 0.05) is 31.1 Å². The fourth-order valence-corrected chi connectivity index (χ4v) is 6.90. The molecule has 2 heterocycles. The van der Waals surface area contributed by atoms with Crippen molar-refractivity contribution in [3.63, 3.8) is 0 Å². The lowest BCUT2D eigenvalue weighted by molar-refractivity contribution is -0.133. The number of ether oxygens (including phenoxy) is 3. The number of rotatable bonds is 13. The summed E-state index contributed by atoms with van der Waals surface area (Å²) in [5, 5.41) is 7.33. The van der Waals surface area contributed by atoms with E-state index in [0.717, 1.165) is 6.26 Å². The first-order chi connectivity index (χ1) is 26.2. The minimum Gasteiger partial charge on any atom is -0.497 e. The van der Waals surface area contributed by atoms with E-state index < -0.39 is 51.3 Å². The van der Waals surface area contributed by atoms with Crippen LogP contribution >= 0.6 is 0 Å². The maximum atomic E-state index is 14.4. The smallest absolute Gasteiger partial charge is 0.407 e. The molecule has 0 saturated carbocycles. The Morgan fingerprint density at radius 2 is 1.67 bits per heavy atom. The van der Waals surface area contributed by atoms with E-state index in [2.05, 4.69) is 10.6 Å². The van der Waals surface area contributed by atoms with Gasteiger partial charge in [0.1, 0.15) is 33.2 Å². The number of nitrogens with one attached hydrogen (secondary N) is 2. The molecule has 1 saturated heterocycles. The van der Waals surface area contributed by atoms with Gasteiger partial charge in [-0.25, -0.2) is 32.1 Å². The number of aromatic nitrogens is 2. The van der Waals surface area contributed by atoms with Crippen LogP contribution in [0.15, 0.2) is 71.5 Å². The molecule has 18 heteroatoms. The van der Waals surface area contributed by atoms with Crippen molar-refractivity contribution in [1.29, 1.82) is 0 Å². The van der Waals surface area contributed by atoms with E-state index in [1.165, 1.54) is 53.0 Å². The number of hydrogen-bond acceptors (Lipinski definition) is 11. The zero-order chi connectivity index (χ0) is 39.9. The van der Waals surface area contributed by atoms with Crippen molar-refractivity contribution in [2.45, 2.75) is 32.4 Å². The highest BCUT2D eigenvalue weighted by Crippen LogP contribution is 2.37. The molecule has 1 fully saturated rings. The molecule has 2 atom stereocenters. The monoisotopic (exact) mass is 781 g/mol. The van der Waals surface area contributed by atoms with E-state index in [4.69, 9.17) is 19.2 Å². The first-order valence-electron chi connectivity index (χ1n) is 17.5. The number of nitrogens with zero attached hydrogens (tertiary/aromatic N) is 5. The first-order valence-corrected chi connectivity index (χ1v) is 19.5. The maximum absolute atomic E-state index is 14.4. The number of hydrogen-bond donors (Lipinski definition) is 2. The van der Waals surface area contributed by atoms with Crippen molar-refractivity contribution >= 4 is 50.1 Å². The Labute approximate surface area is 317 Å². The molecule has 2 N–H and O–H groups in total. The summed E-state index contributed by atoms with van der Waals surface area (Å²) >= 11 is 0. The standard InChI is InChI=1S/C37H44FN7O9S/c1-6-54-37(49)41-30(17-22-55(5,50)51)35(47)42-18-20-43(21-19-42)45-33(40-29-10-8-7-9-28(29)34(45)46)24(2)44(31-16-15-27(52-3)23-32(31)53-4)36(48)39-26-13-11-25(38)12-14-26/h7-16,23-24,30H,6,17-22H2,1-5H3,(H,39,48)(H,41,49). The highest BCUT2D eigenvalue weighted by molar-refractivity contribution is 7.90. The van der Waals surface area contributed by atoms with Crippen molar-refractivity contribution in [3.05, 3.63) is 88.7 Å².